The summed E-state index contributed by atoms with van der Waals surface area (Å²) in [6.45, 7) is 0. The lowest BCUT2D eigenvalue weighted by Gasteiger charge is -2.12. The molecule has 0 amide bonds. The van der Waals surface area contributed by atoms with E-state index in [1.165, 1.54) is 0 Å². The van der Waals surface area contributed by atoms with Gasteiger partial charge in [-0.1, -0.05) is 48.0 Å². The van der Waals surface area contributed by atoms with Crippen molar-refractivity contribution in [1.29, 1.82) is 0 Å². The third kappa shape index (κ3) is 1.75. The number of hydrogen-bond acceptors (Lipinski definition) is 2. The Bertz CT molecular complexity index is 1330. The molecule has 0 saturated heterocycles. The van der Waals surface area contributed by atoms with Gasteiger partial charge in [0.15, 0.2) is 5.43 Å². The molecule has 1 heterocycles. The molecule has 0 fully saturated rings. The number of halogens is 1. The zero-order valence-electron chi connectivity index (χ0n) is 12.5. The van der Waals surface area contributed by atoms with Crippen LogP contribution in [-0.4, -0.2) is 0 Å². The maximum absolute atomic E-state index is 11.9. The van der Waals surface area contributed by atoms with Crippen LogP contribution in [0.1, 0.15) is 0 Å². The molecule has 0 aliphatic heterocycles. The lowest BCUT2D eigenvalue weighted by Crippen LogP contribution is -1.96. The van der Waals surface area contributed by atoms with Gasteiger partial charge in [0.1, 0.15) is 5.58 Å². The summed E-state index contributed by atoms with van der Waals surface area (Å²) in [6.07, 6.45) is 1.76. The molecule has 5 aromatic rings. The largest absolute Gasteiger partial charge is 0.463 e. The summed E-state index contributed by atoms with van der Waals surface area (Å²) >= 11 is 6.51. The third-order valence-electron chi connectivity index (χ3n) is 4.55. The maximum Gasteiger partial charge on any atom is 0.179 e. The van der Waals surface area contributed by atoms with Gasteiger partial charge in [0.25, 0.3) is 0 Å². The molecule has 0 aliphatic carbocycles. The third-order valence-corrected chi connectivity index (χ3v) is 4.86. The molecular weight excluding hydrogens is 320 g/mol. The Morgan fingerprint density at radius 3 is 2.50 bits per heavy atom. The summed E-state index contributed by atoms with van der Waals surface area (Å²) in [5, 5.41) is 7.42. The predicted molar refractivity (Wildman–Crippen MR) is 100 cm³/mol. The molecule has 24 heavy (non-hydrogen) atoms. The van der Waals surface area contributed by atoms with Gasteiger partial charge in [-0.25, -0.2) is 0 Å². The van der Waals surface area contributed by atoms with Gasteiger partial charge in [-0.2, -0.15) is 0 Å². The van der Waals surface area contributed by atoms with Crippen molar-refractivity contribution >= 4 is 54.9 Å². The number of benzene rings is 4. The Hall–Kier alpha value is -2.84. The van der Waals surface area contributed by atoms with Crippen LogP contribution in [0.3, 0.4) is 0 Å². The molecule has 0 radical (unpaired) electrons. The first-order chi connectivity index (χ1) is 11.7. The number of rotatable bonds is 0. The molecule has 1 aromatic heterocycles. The van der Waals surface area contributed by atoms with Crippen LogP contribution in [0.4, 0.5) is 0 Å². The van der Waals surface area contributed by atoms with Crippen molar-refractivity contribution in [3.8, 4) is 0 Å². The topological polar surface area (TPSA) is 30.2 Å². The van der Waals surface area contributed by atoms with E-state index >= 15 is 0 Å². The second-order valence-electron chi connectivity index (χ2n) is 5.90. The summed E-state index contributed by atoms with van der Waals surface area (Å²) < 4.78 is 5.98. The lowest BCUT2D eigenvalue weighted by molar-refractivity contribution is 0.615. The zero-order chi connectivity index (χ0) is 16.3. The first-order valence-corrected chi connectivity index (χ1v) is 8.06. The van der Waals surface area contributed by atoms with Crippen LogP contribution in [0.5, 0.6) is 0 Å². The monoisotopic (exact) mass is 330 g/mol. The highest BCUT2D eigenvalue weighted by atomic mass is 35.5. The normalized spacial score (nSPS) is 11.7. The van der Waals surface area contributed by atoms with E-state index in [2.05, 4.69) is 6.07 Å². The smallest absolute Gasteiger partial charge is 0.179 e. The van der Waals surface area contributed by atoms with Crippen molar-refractivity contribution in [2.45, 2.75) is 0 Å². The van der Waals surface area contributed by atoms with Gasteiger partial charge in [0, 0.05) is 26.6 Å². The molecule has 2 nitrogen and oxygen atoms in total. The zero-order valence-corrected chi connectivity index (χ0v) is 13.3. The van der Waals surface area contributed by atoms with E-state index in [0.717, 1.165) is 43.3 Å². The van der Waals surface area contributed by atoms with Crippen LogP contribution in [0.2, 0.25) is 5.02 Å². The fourth-order valence-electron chi connectivity index (χ4n) is 3.53. The van der Waals surface area contributed by atoms with Crippen LogP contribution in [0.25, 0.3) is 43.3 Å². The molecule has 0 spiro atoms. The minimum Gasteiger partial charge on any atom is -0.463 e. The summed E-state index contributed by atoms with van der Waals surface area (Å²) in [5.41, 5.74) is 0.738. The summed E-state index contributed by atoms with van der Waals surface area (Å²) in [5.74, 6) is 0. The van der Waals surface area contributed by atoms with E-state index in [-0.39, 0.29) is 5.43 Å². The minimum absolute atomic E-state index is 0.0381. The van der Waals surface area contributed by atoms with Crippen molar-refractivity contribution in [3.05, 3.63) is 82.2 Å². The van der Waals surface area contributed by atoms with Crippen LogP contribution in [0.15, 0.2) is 76.1 Å². The van der Waals surface area contributed by atoms with Gasteiger partial charge in [-0.05, 0) is 40.4 Å². The molecule has 0 saturated carbocycles. The van der Waals surface area contributed by atoms with Crippen LogP contribution in [-0.2, 0) is 0 Å². The average Bonchev–Trinajstić information content (AvgIpc) is 2.61. The van der Waals surface area contributed by atoms with E-state index in [1.807, 2.05) is 42.5 Å². The molecule has 0 atom stereocenters. The fraction of sp³-hybridized carbons (Fsp3) is 0. The highest BCUT2D eigenvalue weighted by molar-refractivity contribution is 6.41. The average molecular weight is 331 g/mol. The lowest BCUT2D eigenvalue weighted by atomic mass is 9.95. The summed E-state index contributed by atoms with van der Waals surface area (Å²) in [7, 11) is 0. The quantitative estimate of drug-likeness (QED) is 0.331. The van der Waals surface area contributed by atoms with Crippen LogP contribution in [0, 0.1) is 0 Å². The molecule has 0 bridgehead atoms. The number of fused-ring (bicyclic) bond motifs is 8. The maximum atomic E-state index is 11.9. The standard InChI is InChI=1S/C21H11ClO2/c22-18-7-3-6-16-19(18)17-10-13(23)8-9-15(17)21-20(16)14-5-2-1-4-12(14)11-24-21/h1-11H. The first-order valence-electron chi connectivity index (χ1n) is 7.68. The molecular formula is C21H11ClO2. The van der Waals surface area contributed by atoms with Crippen LogP contribution >= 0.6 is 11.6 Å². The molecule has 4 aromatic carbocycles. The Morgan fingerprint density at radius 1 is 0.750 bits per heavy atom. The molecule has 5 rings (SSSR count). The fourth-order valence-corrected chi connectivity index (χ4v) is 3.81. The van der Waals surface area contributed by atoms with Crippen molar-refractivity contribution in [1.82, 2.24) is 0 Å². The van der Waals surface area contributed by atoms with Crippen LogP contribution < -0.4 is 5.43 Å². The molecule has 0 aliphatic rings. The van der Waals surface area contributed by atoms with Crippen molar-refractivity contribution in [3.63, 3.8) is 0 Å². The van der Waals surface area contributed by atoms with Gasteiger partial charge < -0.3 is 4.42 Å². The molecule has 0 unspecified atom stereocenters. The van der Waals surface area contributed by atoms with Gasteiger partial charge in [-0.15, -0.1) is 0 Å². The van der Waals surface area contributed by atoms with E-state index in [1.54, 1.807) is 18.4 Å². The second kappa shape index (κ2) is 4.83. The van der Waals surface area contributed by atoms with Gasteiger partial charge in [0.2, 0.25) is 0 Å². The Morgan fingerprint density at radius 2 is 1.58 bits per heavy atom. The summed E-state index contributed by atoms with van der Waals surface area (Å²) in [6, 6.07) is 19.0. The van der Waals surface area contributed by atoms with Gasteiger partial charge in [0.05, 0.1) is 6.26 Å². The molecule has 114 valence electrons. The second-order valence-corrected chi connectivity index (χ2v) is 6.30. The highest BCUT2D eigenvalue weighted by Crippen LogP contribution is 2.40. The summed E-state index contributed by atoms with van der Waals surface area (Å²) in [4.78, 5) is 11.9. The van der Waals surface area contributed by atoms with E-state index in [0.29, 0.717) is 5.02 Å². The minimum atomic E-state index is -0.0381. The number of hydrogen-bond donors (Lipinski definition) is 0. The van der Waals surface area contributed by atoms with Crippen molar-refractivity contribution < 1.29 is 4.42 Å². The Labute approximate surface area is 141 Å². The van der Waals surface area contributed by atoms with Crippen molar-refractivity contribution in [2.24, 2.45) is 0 Å². The van der Waals surface area contributed by atoms with Crippen molar-refractivity contribution in [2.75, 3.05) is 0 Å². The van der Waals surface area contributed by atoms with E-state index in [9.17, 15) is 4.79 Å². The first kappa shape index (κ1) is 13.6. The SMILES string of the molecule is O=c1ccc2c(c1)c1c(Cl)cccc1c1c3ccccc3coc21. The molecule has 3 heteroatoms. The molecule has 0 N–H and O–H groups in total. The Balaban J connectivity index is 2.25. The predicted octanol–water partition coefficient (Wildman–Crippen LogP) is 5.91. The van der Waals surface area contributed by atoms with E-state index in [4.69, 9.17) is 16.0 Å². The Kier molecular flexibility index (Phi) is 2.73. The van der Waals surface area contributed by atoms with E-state index < -0.39 is 0 Å². The van der Waals surface area contributed by atoms with Gasteiger partial charge >= 0.3 is 0 Å². The highest BCUT2D eigenvalue weighted by Gasteiger charge is 2.15. The van der Waals surface area contributed by atoms with Gasteiger partial charge in [-0.3, -0.25) is 4.79 Å².